The normalized spacial score (nSPS) is 23.7. The van der Waals surface area contributed by atoms with Crippen LogP contribution in [-0.4, -0.2) is 25.8 Å². The summed E-state index contributed by atoms with van der Waals surface area (Å²) in [7, 11) is -1.82. The van der Waals surface area contributed by atoms with Crippen LogP contribution in [-0.2, 0) is 15.9 Å². The minimum absolute atomic E-state index is 0.0894. The molecule has 4 nitrogen and oxygen atoms in total. The summed E-state index contributed by atoms with van der Waals surface area (Å²) in [5.41, 5.74) is 0. The lowest BCUT2D eigenvalue weighted by Crippen LogP contribution is -2.39. The number of alkyl halides is 1. The lowest BCUT2D eigenvalue weighted by atomic mass is 9.85. The summed E-state index contributed by atoms with van der Waals surface area (Å²) in [4.78, 5) is 0.248. The van der Waals surface area contributed by atoms with E-state index in [9.17, 15) is 8.42 Å². The van der Waals surface area contributed by atoms with Gasteiger partial charge in [-0.05, 0) is 38.5 Å². The molecule has 120 valence electrons. The molecular formula is C15H24ClNO3S. The molecule has 0 saturated heterocycles. The molecular weight excluding hydrogens is 310 g/mol. The van der Waals surface area contributed by atoms with Crippen LogP contribution < -0.4 is 0 Å². The molecule has 0 aliphatic heterocycles. The third-order valence-electron chi connectivity index (χ3n) is 4.62. The van der Waals surface area contributed by atoms with Crippen LogP contribution in [0.1, 0.15) is 50.5 Å². The monoisotopic (exact) mass is 333 g/mol. The van der Waals surface area contributed by atoms with Crippen LogP contribution in [0, 0.1) is 12.8 Å². The van der Waals surface area contributed by atoms with Gasteiger partial charge >= 0.3 is 0 Å². The maximum Gasteiger partial charge on any atom is 0.246 e. The van der Waals surface area contributed by atoms with E-state index in [1.807, 2.05) is 0 Å². The van der Waals surface area contributed by atoms with Gasteiger partial charge in [-0.3, -0.25) is 0 Å². The molecule has 0 unspecified atom stereocenters. The highest BCUT2D eigenvalue weighted by molar-refractivity contribution is 7.89. The highest BCUT2D eigenvalue weighted by Gasteiger charge is 2.33. The van der Waals surface area contributed by atoms with Gasteiger partial charge in [-0.2, -0.15) is 4.31 Å². The molecule has 1 fully saturated rings. The van der Waals surface area contributed by atoms with E-state index >= 15 is 0 Å². The fourth-order valence-electron chi connectivity index (χ4n) is 3.11. The van der Waals surface area contributed by atoms with E-state index in [0.29, 0.717) is 11.5 Å². The van der Waals surface area contributed by atoms with Crippen molar-refractivity contribution in [3.8, 4) is 0 Å². The van der Waals surface area contributed by atoms with Gasteiger partial charge in [0.2, 0.25) is 10.0 Å². The van der Waals surface area contributed by atoms with E-state index in [1.54, 1.807) is 20.0 Å². The second-order valence-electron chi connectivity index (χ2n) is 5.87. The molecule has 1 heterocycles. The molecule has 1 aromatic rings. The molecule has 21 heavy (non-hydrogen) atoms. The molecule has 0 N–H and O–H groups in total. The summed E-state index contributed by atoms with van der Waals surface area (Å²) in [6.07, 6.45) is 5.28. The zero-order valence-corrected chi connectivity index (χ0v) is 14.5. The van der Waals surface area contributed by atoms with Gasteiger partial charge in [0.15, 0.2) is 0 Å². The van der Waals surface area contributed by atoms with Crippen molar-refractivity contribution in [2.24, 2.45) is 5.92 Å². The lowest BCUT2D eigenvalue weighted by molar-refractivity contribution is 0.232. The van der Waals surface area contributed by atoms with E-state index in [4.69, 9.17) is 16.0 Å². The molecule has 1 saturated carbocycles. The number of hydrogen-bond donors (Lipinski definition) is 0. The van der Waals surface area contributed by atoms with Gasteiger partial charge in [0, 0.05) is 19.2 Å². The predicted octanol–water partition coefficient (Wildman–Crippen LogP) is 3.92. The van der Waals surface area contributed by atoms with Crippen molar-refractivity contribution in [1.29, 1.82) is 0 Å². The van der Waals surface area contributed by atoms with Crippen LogP contribution in [0.25, 0.3) is 0 Å². The minimum atomic E-state index is -3.50. The van der Waals surface area contributed by atoms with Gasteiger partial charge in [-0.1, -0.05) is 13.3 Å². The van der Waals surface area contributed by atoms with E-state index in [1.165, 1.54) is 10.7 Å². The number of aryl methyl sites for hydroxylation is 1. The SMILES string of the molecule is CCC1CCC(N(C)S(=O)(=O)c2cc(CCl)oc2C)CC1. The smallest absolute Gasteiger partial charge is 0.246 e. The highest BCUT2D eigenvalue weighted by atomic mass is 35.5. The largest absolute Gasteiger partial charge is 0.464 e. The second-order valence-corrected chi connectivity index (χ2v) is 8.10. The van der Waals surface area contributed by atoms with Gasteiger partial charge in [0.25, 0.3) is 0 Å². The average molecular weight is 334 g/mol. The number of hydrogen-bond acceptors (Lipinski definition) is 3. The van der Waals surface area contributed by atoms with Crippen molar-refractivity contribution >= 4 is 21.6 Å². The molecule has 1 aromatic heterocycles. The van der Waals surface area contributed by atoms with Crippen LogP contribution in [0.15, 0.2) is 15.4 Å². The summed E-state index contributed by atoms with van der Waals surface area (Å²) >= 11 is 5.72. The first-order valence-corrected chi connectivity index (χ1v) is 9.50. The topological polar surface area (TPSA) is 50.5 Å². The summed E-state index contributed by atoms with van der Waals surface area (Å²) in [5, 5.41) is 0. The second kappa shape index (κ2) is 6.71. The van der Waals surface area contributed by atoms with Gasteiger partial charge in [-0.15, -0.1) is 11.6 Å². The van der Waals surface area contributed by atoms with Gasteiger partial charge in [-0.25, -0.2) is 8.42 Å². The molecule has 6 heteroatoms. The number of furan rings is 1. The Morgan fingerprint density at radius 1 is 1.33 bits per heavy atom. The van der Waals surface area contributed by atoms with Crippen LogP contribution >= 0.6 is 11.6 Å². The molecule has 0 bridgehead atoms. The Kier molecular flexibility index (Phi) is 5.38. The van der Waals surface area contributed by atoms with E-state index in [2.05, 4.69) is 6.92 Å². The first-order valence-electron chi connectivity index (χ1n) is 7.53. The molecule has 0 aromatic carbocycles. The van der Waals surface area contributed by atoms with Crippen molar-refractivity contribution in [2.45, 2.75) is 62.8 Å². The van der Waals surface area contributed by atoms with E-state index in [-0.39, 0.29) is 16.8 Å². The molecule has 0 spiro atoms. The number of rotatable bonds is 5. The fraction of sp³-hybridized carbons (Fsp3) is 0.733. The lowest BCUT2D eigenvalue weighted by Gasteiger charge is -2.33. The Hall–Kier alpha value is -0.520. The predicted molar refractivity (Wildman–Crippen MR) is 84.0 cm³/mol. The van der Waals surface area contributed by atoms with Crippen molar-refractivity contribution in [3.63, 3.8) is 0 Å². The van der Waals surface area contributed by atoms with Crippen LogP contribution in [0.2, 0.25) is 0 Å². The number of nitrogens with zero attached hydrogens (tertiary/aromatic N) is 1. The van der Waals surface area contributed by atoms with Crippen LogP contribution in [0.3, 0.4) is 0 Å². The Morgan fingerprint density at radius 3 is 2.43 bits per heavy atom. The van der Waals surface area contributed by atoms with E-state index in [0.717, 1.165) is 31.6 Å². The Bertz CT molecular complexity index is 574. The first-order chi connectivity index (χ1) is 9.90. The van der Waals surface area contributed by atoms with Gasteiger partial charge < -0.3 is 4.42 Å². The third-order valence-corrected chi connectivity index (χ3v) is 6.90. The number of halogens is 1. The summed E-state index contributed by atoms with van der Waals surface area (Å²) < 4.78 is 32.4. The fourth-order valence-corrected chi connectivity index (χ4v) is 4.84. The number of sulfonamides is 1. The highest BCUT2D eigenvalue weighted by Crippen LogP contribution is 2.32. The van der Waals surface area contributed by atoms with Gasteiger partial charge in [0.1, 0.15) is 16.4 Å². The molecule has 2 rings (SSSR count). The van der Waals surface area contributed by atoms with Crippen molar-refractivity contribution in [2.75, 3.05) is 7.05 Å². The standard InChI is InChI=1S/C15H24ClNO3S/c1-4-12-5-7-13(8-6-12)17(3)21(18,19)15-9-14(10-16)20-11(15)2/h9,12-13H,4-8,10H2,1-3H3. The quantitative estimate of drug-likeness (QED) is 0.767. The maximum absolute atomic E-state index is 12.8. The Morgan fingerprint density at radius 2 is 1.95 bits per heavy atom. The summed E-state index contributed by atoms with van der Waals surface area (Å²) in [5.74, 6) is 1.84. The summed E-state index contributed by atoms with van der Waals surface area (Å²) in [6.45, 7) is 3.87. The van der Waals surface area contributed by atoms with Crippen molar-refractivity contribution in [3.05, 3.63) is 17.6 Å². The Balaban J connectivity index is 2.17. The minimum Gasteiger partial charge on any atom is -0.464 e. The maximum atomic E-state index is 12.8. The van der Waals surface area contributed by atoms with Crippen LogP contribution in [0.4, 0.5) is 0 Å². The molecule has 0 radical (unpaired) electrons. The van der Waals surface area contributed by atoms with E-state index < -0.39 is 10.0 Å². The summed E-state index contributed by atoms with van der Waals surface area (Å²) in [6, 6.07) is 1.64. The Labute approximate surface area is 132 Å². The van der Waals surface area contributed by atoms with Crippen molar-refractivity contribution in [1.82, 2.24) is 4.31 Å². The molecule has 1 aliphatic rings. The average Bonchev–Trinajstić information content (AvgIpc) is 2.88. The zero-order valence-electron chi connectivity index (χ0n) is 12.9. The first kappa shape index (κ1) is 16.8. The molecule has 0 amide bonds. The third kappa shape index (κ3) is 3.46. The zero-order chi connectivity index (χ0) is 15.6. The van der Waals surface area contributed by atoms with Gasteiger partial charge in [0.05, 0.1) is 5.88 Å². The molecule has 1 aliphatic carbocycles. The van der Waals surface area contributed by atoms with Crippen LogP contribution in [0.5, 0.6) is 0 Å². The molecule has 0 atom stereocenters. The van der Waals surface area contributed by atoms with Crippen molar-refractivity contribution < 1.29 is 12.8 Å².